The molecular formula is C14H16ClNO. The summed E-state index contributed by atoms with van der Waals surface area (Å²) in [6, 6.07) is 9.89. The number of aryl methyl sites for hydroxylation is 1. The first-order valence-corrected chi connectivity index (χ1v) is 6.05. The van der Waals surface area contributed by atoms with E-state index in [1.807, 2.05) is 44.2 Å². The number of rotatable bonds is 3. The van der Waals surface area contributed by atoms with Gasteiger partial charge in [-0.15, -0.1) is 0 Å². The quantitative estimate of drug-likeness (QED) is 0.899. The van der Waals surface area contributed by atoms with Gasteiger partial charge in [0.25, 0.3) is 0 Å². The van der Waals surface area contributed by atoms with Gasteiger partial charge in [-0.25, -0.2) is 0 Å². The molecule has 1 aromatic heterocycles. The smallest absolute Gasteiger partial charge is 0.135 e. The average Bonchev–Trinajstić information content (AvgIpc) is 2.69. The highest BCUT2D eigenvalue weighted by molar-refractivity contribution is 6.33. The van der Waals surface area contributed by atoms with Crippen molar-refractivity contribution in [2.75, 3.05) is 0 Å². The van der Waals surface area contributed by atoms with E-state index in [9.17, 15) is 0 Å². The van der Waals surface area contributed by atoms with Crippen LogP contribution in [0.15, 0.2) is 34.7 Å². The summed E-state index contributed by atoms with van der Waals surface area (Å²) in [7, 11) is 0. The average molecular weight is 250 g/mol. The van der Waals surface area contributed by atoms with E-state index in [1.54, 1.807) is 0 Å². The fraction of sp³-hybridized carbons (Fsp3) is 0.286. The molecule has 0 aliphatic rings. The van der Waals surface area contributed by atoms with Crippen LogP contribution in [-0.2, 0) is 6.42 Å². The summed E-state index contributed by atoms with van der Waals surface area (Å²) in [5.41, 5.74) is 7.83. The molecule has 0 bridgehead atoms. The van der Waals surface area contributed by atoms with E-state index in [-0.39, 0.29) is 6.04 Å². The minimum atomic E-state index is 0.0991. The maximum atomic E-state index is 6.16. The molecule has 2 rings (SSSR count). The van der Waals surface area contributed by atoms with Gasteiger partial charge in [-0.1, -0.05) is 23.2 Å². The van der Waals surface area contributed by atoms with Crippen LogP contribution in [0.2, 0.25) is 5.02 Å². The Labute approximate surface area is 106 Å². The highest BCUT2D eigenvalue weighted by Crippen LogP contribution is 2.30. The van der Waals surface area contributed by atoms with Gasteiger partial charge in [0.2, 0.25) is 0 Å². The minimum Gasteiger partial charge on any atom is -0.461 e. The van der Waals surface area contributed by atoms with Gasteiger partial charge in [-0.2, -0.15) is 0 Å². The fourth-order valence-electron chi connectivity index (χ4n) is 1.78. The Kier molecular flexibility index (Phi) is 3.55. The molecular weight excluding hydrogens is 234 g/mol. The molecule has 1 aromatic carbocycles. The summed E-state index contributed by atoms with van der Waals surface area (Å²) >= 11 is 6.16. The van der Waals surface area contributed by atoms with Crippen molar-refractivity contribution >= 4 is 11.6 Å². The molecule has 2 N–H and O–H groups in total. The van der Waals surface area contributed by atoms with E-state index in [4.69, 9.17) is 21.8 Å². The first-order valence-electron chi connectivity index (χ1n) is 5.67. The summed E-state index contributed by atoms with van der Waals surface area (Å²) in [6.07, 6.45) is 0.740. The molecule has 17 heavy (non-hydrogen) atoms. The molecule has 1 atom stereocenters. The summed E-state index contributed by atoms with van der Waals surface area (Å²) in [4.78, 5) is 0. The number of furan rings is 1. The normalized spacial score (nSPS) is 12.7. The second kappa shape index (κ2) is 4.94. The molecule has 0 amide bonds. The summed E-state index contributed by atoms with van der Waals surface area (Å²) < 4.78 is 5.75. The molecule has 0 fully saturated rings. The minimum absolute atomic E-state index is 0.0991. The fourth-order valence-corrected chi connectivity index (χ4v) is 1.99. The van der Waals surface area contributed by atoms with E-state index >= 15 is 0 Å². The van der Waals surface area contributed by atoms with Crippen molar-refractivity contribution in [3.63, 3.8) is 0 Å². The van der Waals surface area contributed by atoms with Crippen LogP contribution in [0.1, 0.15) is 18.2 Å². The lowest BCUT2D eigenvalue weighted by molar-refractivity contribution is 0.503. The predicted molar refractivity (Wildman–Crippen MR) is 71.2 cm³/mol. The van der Waals surface area contributed by atoms with E-state index < -0.39 is 0 Å². The molecule has 0 saturated carbocycles. The first-order chi connectivity index (χ1) is 8.06. The Balaban J connectivity index is 2.33. The lowest BCUT2D eigenvalue weighted by atomic mass is 10.1. The molecule has 2 aromatic rings. The molecule has 0 aliphatic carbocycles. The zero-order valence-electron chi connectivity index (χ0n) is 10.0. The van der Waals surface area contributed by atoms with Crippen molar-refractivity contribution in [1.82, 2.24) is 0 Å². The van der Waals surface area contributed by atoms with E-state index in [0.29, 0.717) is 5.02 Å². The monoisotopic (exact) mass is 249 g/mol. The van der Waals surface area contributed by atoms with Gasteiger partial charge >= 0.3 is 0 Å². The van der Waals surface area contributed by atoms with E-state index in [0.717, 1.165) is 29.1 Å². The molecule has 3 heteroatoms. The first kappa shape index (κ1) is 12.2. The molecule has 1 heterocycles. The third-order valence-electron chi connectivity index (χ3n) is 2.57. The maximum absolute atomic E-state index is 6.16. The lowest BCUT2D eigenvalue weighted by Gasteiger charge is -2.03. The van der Waals surface area contributed by atoms with Crippen LogP contribution in [-0.4, -0.2) is 6.04 Å². The third-order valence-corrected chi connectivity index (χ3v) is 2.90. The number of hydrogen-bond donors (Lipinski definition) is 1. The van der Waals surface area contributed by atoms with Crippen LogP contribution in [0.3, 0.4) is 0 Å². The van der Waals surface area contributed by atoms with Gasteiger partial charge in [0.1, 0.15) is 11.5 Å². The van der Waals surface area contributed by atoms with Crippen molar-refractivity contribution in [3.05, 3.63) is 46.7 Å². The molecule has 0 spiro atoms. The molecule has 90 valence electrons. The Hall–Kier alpha value is -1.25. The van der Waals surface area contributed by atoms with Crippen molar-refractivity contribution in [2.45, 2.75) is 26.3 Å². The second-order valence-electron chi connectivity index (χ2n) is 4.43. The third kappa shape index (κ3) is 2.90. The van der Waals surface area contributed by atoms with Crippen molar-refractivity contribution < 1.29 is 4.42 Å². The highest BCUT2D eigenvalue weighted by atomic mass is 35.5. The van der Waals surface area contributed by atoms with Crippen LogP contribution in [0.4, 0.5) is 0 Å². The number of benzene rings is 1. The van der Waals surface area contributed by atoms with Crippen molar-refractivity contribution in [1.29, 1.82) is 0 Å². The maximum Gasteiger partial charge on any atom is 0.135 e. The Morgan fingerprint density at radius 3 is 2.76 bits per heavy atom. The number of hydrogen-bond acceptors (Lipinski definition) is 2. The summed E-state index contributed by atoms with van der Waals surface area (Å²) in [6.45, 7) is 3.99. The number of nitrogens with two attached hydrogens (primary N) is 1. The second-order valence-corrected chi connectivity index (χ2v) is 4.84. The van der Waals surface area contributed by atoms with Crippen molar-refractivity contribution in [2.24, 2.45) is 5.73 Å². The van der Waals surface area contributed by atoms with Crippen LogP contribution < -0.4 is 5.73 Å². The predicted octanol–water partition coefficient (Wildman–Crippen LogP) is 3.80. The van der Waals surface area contributed by atoms with Crippen LogP contribution in [0.25, 0.3) is 11.3 Å². The lowest BCUT2D eigenvalue weighted by Crippen LogP contribution is -2.17. The van der Waals surface area contributed by atoms with E-state index in [2.05, 4.69) is 0 Å². The largest absolute Gasteiger partial charge is 0.461 e. The highest BCUT2D eigenvalue weighted by Gasteiger charge is 2.09. The van der Waals surface area contributed by atoms with Gasteiger partial charge in [0, 0.05) is 18.0 Å². The topological polar surface area (TPSA) is 39.2 Å². The van der Waals surface area contributed by atoms with Gasteiger partial charge in [0.05, 0.1) is 5.02 Å². The number of halogens is 1. The summed E-state index contributed by atoms with van der Waals surface area (Å²) in [5, 5.41) is 0.706. The standard InChI is InChI=1S/C14H16ClNO/c1-9-3-5-13(15)12(7-9)14-6-4-11(17-14)8-10(2)16/h3-7,10H,8,16H2,1-2H3. The molecule has 0 radical (unpaired) electrons. The molecule has 0 aliphatic heterocycles. The SMILES string of the molecule is Cc1ccc(Cl)c(-c2ccc(CC(C)N)o2)c1. The van der Waals surface area contributed by atoms with Gasteiger partial charge in [-0.05, 0) is 38.1 Å². The van der Waals surface area contributed by atoms with Crippen LogP contribution in [0.5, 0.6) is 0 Å². The molecule has 2 nitrogen and oxygen atoms in total. The van der Waals surface area contributed by atoms with Crippen LogP contribution in [0, 0.1) is 6.92 Å². The van der Waals surface area contributed by atoms with Gasteiger partial charge in [0.15, 0.2) is 0 Å². The Morgan fingerprint density at radius 2 is 2.06 bits per heavy atom. The van der Waals surface area contributed by atoms with Gasteiger partial charge < -0.3 is 10.2 Å². The van der Waals surface area contributed by atoms with Gasteiger partial charge in [-0.3, -0.25) is 0 Å². The Morgan fingerprint density at radius 1 is 1.29 bits per heavy atom. The Bertz CT molecular complexity index is 517. The molecule has 0 saturated heterocycles. The van der Waals surface area contributed by atoms with E-state index in [1.165, 1.54) is 0 Å². The zero-order valence-corrected chi connectivity index (χ0v) is 10.8. The summed E-state index contributed by atoms with van der Waals surface area (Å²) in [5.74, 6) is 1.70. The molecule has 1 unspecified atom stereocenters. The van der Waals surface area contributed by atoms with Crippen LogP contribution >= 0.6 is 11.6 Å². The zero-order chi connectivity index (χ0) is 12.4. The van der Waals surface area contributed by atoms with Crippen molar-refractivity contribution in [3.8, 4) is 11.3 Å².